The fourth-order valence-corrected chi connectivity index (χ4v) is 6.94. The average molecular weight is 713 g/mol. The number of ether oxygens (including phenoxy) is 2. The number of aliphatic hydroxyl groups excluding tert-OH is 2. The largest absolute Gasteiger partial charge is 0.508 e. The summed E-state index contributed by atoms with van der Waals surface area (Å²) in [7, 11) is 0. The number of allylic oxidation sites excluding steroid dienone is 5. The Hall–Kier alpha value is -5.50. The van der Waals surface area contributed by atoms with Crippen LogP contribution in [0.1, 0.15) is 55.1 Å². The zero-order valence-corrected chi connectivity index (χ0v) is 29.0. The van der Waals surface area contributed by atoms with Crippen LogP contribution in [-0.2, 0) is 29.0 Å². The minimum absolute atomic E-state index is 0.0152. The lowest BCUT2D eigenvalue weighted by Crippen LogP contribution is -2.51. The van der Waals surface area contributed by atoms with E-state index < -0.39 is 48.0 Å². The van der Waals surface area contributed by atoms with E-state index in [1.54, 1.807) is 31.2 Å². The number of esters is 1. The minimum atomic E-state index is -1.22. The van der Waals surface area contributed by atoms with Gasteiger partial charge < -0.3 is 56.4 Å². The SMILES string of the molecule is CC=C(CO)C(=O)OC1Cc2c(c(C(Cc3cccc(O)c3)C3=CCNC(N)=C3)c3oc(CO)cc(=O)c3c2O)OC1(C)CCC1=CNC(N)C=C1. The van der Waals surface area contributed by atoms with Crippen molar-refractivity contribution in [3.8, 4) is 17.2 Å². The van der Waals surface area contributed by atoms with Gasteiger partial charge in [-0.2, -0.15) is 0 Å². The van der Waals surface area contributed by atoms with Gasteiger partial charge in [0.15, 0.2) is 5.43 Å². The van der Waals surface area contributed by atoms with E-state index in [9.17, 15) is 30.0 Å². The Balaban J connectivity index is 1.59. The van der Waals surface area contributed by atoms with Crippen molar-refractivity contribution in [2.24, 2.45) is 11.5 Å². The van der Waals surface area contributed by atoms with Gasteiger partial charge in [-0.1, -0.05) is 30.4 Å². The molecule has 4 unspecified atom stereocenters. The summed E-state index contributed by atoms with van der Waals surface area (Å²) in [5.41, 5.74) is 13.6. The molecule has 0 bridgehead atoms. The van der Waals surface area contributed by atoms with E-state index in [-0.39, 0.29) is 58.4 Å². The van der Waals surface area contributed by atoms with Gasteiger partial charge in [-0.25, -0.2) is 4.79 Å². The molecule has 10 N–H and O–H groups in total. The Morgan fingerprint density at radius 2 is 2.04 bits per heavy atom. The smallest absolute Gasteiger partial charge is 0.336 e. The molecule has 0 aliphatic carbocycles. The summed E-state index contributed by atoms with van der Waals surface area (Å²) in [5.74, 6) is -1.06. The Morgan fingerprint density at radius 3 is 2.71 bits per heavy atom. The summed E-state index contributed by atoms with van der Waals surface area (Å²) >= 11 is 0. The molecule has 4 heterocycles. The number of benzene rings is 2. The number of aliphatic hydroxyl groups is 2. The van der Waals surface area contributed by atoms with Crippen LogP contribution in [0.5, 0.6) is 17.2 Å². The molecular formula is C39H44N4O9. The number of phenolic OH excluding ortho intramolecular Hbond substituents is 2. The Morgan fingerprint density at radius 1 is 1.23 bits per heavy atom. The summed E-state index contributed by atoms with van der Waals surface area (Å²) in [6.07, 6.45) is 10.5. The Bertz CT molecular complexity index is 2100. The first-order valence-electron chi connectivity index (χ1n) is 17.1. The van der Waals surface area contributed by atoms with E-state index in [1.165, 1.54) is 6.08 Å². The van der Waals surface area contributed by atoms with Crippen molar-refractivity contribution >= 4 is 16.9 Å². The van der Waals surface area contributed by atoms with Gasteiger partial charge in [0.05, 0.1) is 24.2 Å². The summed E-state index contributed by atoms with van der Waals surface area (Å²) in [4.78, 5) is 27.0. The highest BCUT2D eigenvalue weighted by atomic mass is 16.6. The molecule has 0 saturated carbocycles. The van der Waals surface area contributed by atoms with Crippen LogP contribution in [0.4, 0.5) is 0 Å². The van der Waals surface area contributed by atoms with Crippen LogP contribution in [0.3, 0.4) is 0 Å². The van der Waals surface area contributed by atoms with Gasteiger partial charge in [0.2, 0.25) is 0 Å². The summed E-state index contributed by atoms with van der Waals surface area (Å²) in [5, 5.41) is 48.3. The second-order valence-electron chi connectivity index (χ2n) is 13.4. The van der Waals surface area contributed by atoms with E-state index >= 15 is 0 Å². The number of hydrogen-bond acceptors (Lipinski definition) is 13. The number of nitrogens with one attached hydrogen (secondary N) is 2. The van der Waals surface area contributed by atoms with Crippen molar-refractivity contribution in [1.82, 2.24) is 10.6 Å². The first-order valence-corrected chi connectivity index (χ1v) is 17.1. The predicted molar refractivity (Wildman–Crippen MR) is 194 cm³/mol. The first-order chi connectivity index (χ1) is 24.9. The topological polar surface area (TPSA) is 223 Å². The van der Waals surface area contributed by atoms with Gasteiger partial charge in [-0.15, -0.1) is 0 Å². The summed E-state index contributed by atoms with van der Waals surface area (Å²) in [6.45, 7) is 2.73. The molecule has 52 heavy (non-hydrogen) atoms. The fourth-order valence-electron chi connectivity index (χ4n) is 6.94. The van der Waals surface area contributed by atoms with E-state index in [0.29, 0.717) is 30.8 Å². The number of carbonyl (C=O) groups excluding carboxylic acids is 1. The lowest BCUT2D eigenvalue weighted by molar-refractivity contribution is -0.159. The maximum atomic E-state index is 13.7. The molecule has 4 atom stereocenters. The highest BCUT2D eigenvalue weighted by Gasteiger charge is 2.47. The third kappa shape index (κ3) is 7.29. The van der Waals surface area contributed by atoms with E-state index in [2.05, 4.69) is 10.6 Å². The van der Waals surface area contributed by atoms with Crippen LogP contribution in [0.2, 0.25) is 0 Å². The standard InChI is InChI=1S/C39H44N4O9/c1-3-23(19-44)38(49)51-30-17-28-35(48)34-29(47)16-26(20-45)50-37(34)33(36(28)52-39(30,2)11-9-21-7-8-31(40)43-18-21)27(24-10-12-42-32(41)15-24)14-22-5-4-6-25(46)13-22/h3-8,10,13,15-16,18,27,30-31,42-46,48H,9,11-12,14,17,19-20,40-41H2,1-2H3. The first kappa shape index (κ1) is 36.3. The molecule has 0 amide bonds. The second kappa shape index (κ2) is 15.0. The Kier molecular flexibility index (Phi) is 10.5. The zero-order chi connectivity index (χ0) is 37.2. The third-order valence-corrected chi connectivity index (χ3v) is 9.83. The van der Waals surface area contributed by atoms with E-state index in [0.717, 1.165) is 22.8 Å². The molecule has 6 rings (SSSR count). The van der Waals surface area contributed by atoms with Crippen molar-refractivity contribution in [2.75, 3.05) is 13.2 Å². The number of phenols is 2. The van der Waals surface area contributed by atoms with Crippen LogP contribution in [0.15, 0.2) is 98.7 Å². The molecular weight excluding hydrogens is 668 g/mol. The monoisotopic (exact) mass is 712 g/mol. The number of rotatable bonds is 11. The lowest BCUT2D eigenvalue weighted by Gasteiger charge is -2.43. The minimum Gasteiger partial charge on any atom is -0.508 e. The normalized spacial score (nSPS) is 21.9. The maximum absolute atomic E-state index is 13.7. The van der Waals surface area contributed by atoms with E-state index in [4.69, 9.17) is 25.4 Å². The molecule has 3 aliphatic heterocycles. The molecule has 3 aliphatic rings. The molecule has 13 heteroatoms. The van der Waals surface area contributed by atoms with Crippen LogP contribution >= 0.6 is 0 Å². The molecule has 0 radical (unpaired) electrons. The van der Waals surface area contributed by atoms with Crippen LogP contribution in [-0.4, -0.2) is 57.4 Å². The molecule has 3 aromatic rings. The number of hydrogen-bond donors (Lipinski definition) is 8. The highest BCUT2D eigenvalue weighted by Crippen LogP contribution is 2.51. The van der Waals surface area contributed by atoms with Crippen LogP contribution < -0.4 is 32.3 Å². The summed E-state index contributed by atoms with van der Waals surface area (Å²) < 4.78 is 19.3. The van der Waals surface area contributed by atoms with Crippen molar-refractivity contribution in [3.63, 3.8) is 0 Å². The molecule has 0 saturated heterocycles. The number of fused-ring (bicyclic) bond motifs is 2. The Labute approximate surface area is 300 Å². The lowest BCUT2D eigenvalue weighted by atomic mass is 9.78. The molecule has 0 spiro atoms. The summed E-state index contributed by atoms with van der Waals surface area (Å²) in [6, 6.07) is 7.91. The predicted octanol–water partition coefficient (Wildman–Crippen LogP) is 3.00. The number of aromatic hydroxyl groups is 2. The number of nitrogens with two attached hydrogens (primary N) is 2. The highest BCUT2D eigenvalue weighted by molar-refractivity contribution is 5.92. The van der Waals surface area contributed by atoms with Gasteiger partial charge in [0.25, 0.3) is 0 Å². The van der Waals surface area contributed by atoms with Gasteiger partial charge in [0, 0.05) is 42.3 Å². The molecule has 2 aromatic carbocycles. The third-order valence-electron chi connectivity index (χ3n) is 9.83. The quantitative estimate of drug-likeness (QED) is 0.106. The second-order valence-corrected chi connectivity index (χ2v) is 13.4. The number of carbonyl (C=O) groups is 1. The number of dihydropyridines is 2. The van der Waals surface area contributed by atoms with Gasteiger partial charge >= 0.3 is 5.97 Å². The van der Waals surface area contributed by atoms with Crippen molar-refractivity contribution in [3.05, 3.63) is 122 Å². The van der Waals surface area contributed by atoms with Crippen LogP contribution in [0.25, 0.3) is 11.0 Å². The van der Waals surface area contributed by atoms with Crippen molar-refractivity contribution in [2.45, 2.75) is 69.9 Å². The van der Waals surface area contributed by atoms with Crippen molar-refractivity contribution in [1.29, 1.82) is 0 Å². The fraction of sp³-hybridized carbons (Fsp3) is 0.333. The van der Waals surface area contributed by atoms with Gasteiger partial charge in [0.1, 0.15) is 52.3 Å². The van der Waals surface area contributed by atoms with Crippen LogP contribution in [0, 0.1) is 0 Å². The molecule has 13 nitrogen and oxygen atoms in total. The van der Waals surface area contributed by atoms with E-state index in [1.807, 2.05) is 37.4 Å². The van der Waals surface area contributed by atoms with Gasteiger partial charge in [-0.3, -0.25) is 4.79 Å². The molecule has 1 aromatic heterocycles. The average Bonchev–Trinajstić information content (AvgIpc) is 3.12. The zero-order valence-electron chi connectivity index (χ0n) is 29.0. The molecule has 0 fully saturated rings. The maximum Gasteiger partial charge on any atom is 0.336 e. The van der Waals surface area contributed by atoms with Crippen molar-refractivity contribution < 1.29 is 39.1 Å². The molecule has 274 valence electrons. The van der Waals surface area contributed by atoms with Gasteiger partial charge in [-0.05, 0) is 74.1 Å².